The number of anilines is 1. The number of carbonyl (C=O) groups is 1. The summed E-state index contributed by atoms with van der Waals surface area (Å²) in [6.45, 7) is 7.73. The molecule has 3 aromatic rings. The van der Waals surface area contributed by atoms with Gasteiger partial charge in [0.2, 0.25) is 5.91 Å². The fraction of sp³-hybridized carbons (Fsp3) is 0.457. The van der Waals surface area contributed by atoms with Gasteiger partial charge < -0.3 is 9.64 Å². The Morgan fingerprint density at radius 2 is 1.67 bits per heavy atom. The van der Waals surface area contributed by atoms with Crippen LogP contribution in [0.5, 0.6) is 5.75 Å². The smallest absolute Gasteiger partial charge is 0.261 e. The van der Waals surface area contributed by atoms with E-state index in [-0.39, 0.29) is 28.3 Å². The van der Waals surface area contributed by atoms with Crippen LogP contribution in [0.2, 0.25) is 0 Å². The van der Waals surface area contributed by atoms with Gasteiger partial charge in [0.15, 0.2) is 5.82 Å². The molecule has 230 valence electrons. The van der Waals surface area contributed by atoms with E-state index in [1.807, 2.05) is 12.1 Å². The van der Waals surface area contributed by atoms with Crippen LogP contribution in [0, 0.1) is 11.7 Å². The van der Waals surface area contributed by atoms with Crippen LogP contribution >= 0.6 is 0 Å². The number of benzene rings is 3. The molecule has 0 unspecified atom stereocenters. The fourth-order valence-electron chi connectivity index (χ4n) is 6.03. The Morgan fingerprint density at radius 3 is 2.37 bits per heavy atom. The molecule has 1 saturated carbocycles. The number of fused-ring (bicyclic) bond motifs is 1. The Labute approximate surface area is 255 Å². The number of nitrogens with zero attached hydrogens (tertiary/aromatic N) is 1. The standard InChI is InChI=1S/C35H43FN2O4S/c1-35(2,3)29-14-11-26(12-15-29)20-34(39)38-23-27-13-17-31(21-28(27)24-38)43(40,41)37-33-18-16-30(22-32(33)36)42-19-7-10-25-8-5-4-6-9-25/h11-18,21-22,25,37H,4-10,19-20,23-24H2,1-3H3. The van der Waals surface area contributed by atoms with Crippen molar-refractivity contribution in [3.05, 3.63) is 88.7 Å². The molecule has 0 radical (unpaired) electrons. The van der Waals surface area contributed by atoms with Crippen molar-refractivity contribution < 1.29 is 22.3 Å². The van der Waals surface area contributed by atoms with Crippen molar-refractivity contribution in [3.63, 3.8) is 0 Å². The van der Waals surface area contributed by atoms with Crippen molar-refractivity contribution in [3.8, 4) is 5.75 Å². The van der Waals surface area contributed by atoms with Crippen LogP contribution in [-0.2, 0) is 39.7 Å². The summed E-state index contributed by atoms with van der Waals surface area (Å²) >= 11 is 0. The zero-order valence-electron chi connectivity index (χ0n) is 25.5. The molecule has 8 heteroatoms. The summed E-state index contributed by atoms with van der Waals surface area (Å²) in [5, 5.41) is 0. The summed E-state index contributed by atoms with van der Waals surface area (Å²) in [6, 6.07) is 17.1. The lowest BCUT2D eigenvalue weighted by Crippen LogP contribution is -2.26. The summed E-state index contributed by atoms with van der Waals surface area (Å²) in [4.78, 5) is 14.8. The lowest BCUT2D eigenvalue weighted by atomic mass is 9.86. The predicted octanol–water partition coefficient (Wildman–Crippen LogP) is 7.75. The van der Waals surface area contributed by atoms with Gasteiger partial charge in [0.05, 0.1) is 23.6 Å². The Balaban J connectivity index is 1.16. The van der Waals surface area contributed by atoms with E-state index in [0.29, 0.717) is 25.4 Å². The lowest BCUT2D eigenvalue weighted by molar-refractivity contribution is -0.131. The Kier molecular flexibility index (Phi) is 9.45. The van der Waals surface area contributed by atoms with E-state index in [1.54, 1.807) is 23.1 Å². The molecule has 0 atom stereocenters. The largest absolute Gasteiger partial charge is 0.493 e. The number of halogens is 1. The molecule has 3 aromatic carbocycles. The maximum atomic E-state index is 14.9. The summed E-state index contributed by atoms with van der Waals surface area (Å²) in [5.74, 6) is 0.448. The van der Waals surface area contributed by atoms with E-state index in [2.05, 4.69) is 37.6 Å². The topological polar surface area (TPSA) is 75.7 Å². The van der Waals surface area contributed by atoms with E-state index in [4.69, 9.17) is 4.74 Å². The number of carbonyl (C=O) groups excluding carboxylic acids is 1. The average molecular weight is 607 g/mol. The number of hydrogen-bond donors (Lipinski definition) is 1. The maximum Gasteiger partial charge on any atom is 0.261 e. The number of sulfonamides is 1. The van der Waals surface area contributed by atoms with Gasteiger partial charge in [-0.05, 0) is 70.7 Å². The van der Waals surface area contributed by atoms with Crippen molar-refractivity contribution in [2.75, 3.05) is 11.3 Å². The van der Waals surface area contributed by atoms with Crippen LogP contribution in [0.3, 0.4) is 0 Å². The molecule has 43 heavy (non-hydrogen) atoms. The third kappa shape index (κ3) is 7.96. The van der Waals surface area contributed by atoms with Crippen LogP contribution in [0.1, 0.15) is 88.0 Å². The molecular formula is C35H43FN2O4S. The van der Waals surface area contributed by atoms with Gasteiger partial charge in [-0.1, -0.05) is 83.2 Å². The summed E-state index contributed by atoms with van der Waals surface area (Å²) in [7, 11) is -4.04. The maximum absolute atomic E-state index is 14.9. The summed E-state index contributed by atoms with van der Waals surface area (Å²) in [6.07, 6.45) is 8.86. The number of hydrogen-bond acceptors (Lipinski definition) is 4. The van der Waals surface area contributed by atoms with E-state index in [0.717, 1.165) is 35.4 Å². The minimum atomic E-state index is -4.04. The highest BCUT2D eigenvalue weighted by atomic mass is 32.2. The van der Waals surface area contributed by atoms with E-state index < -0.39 is 15.8 Å². The highest BCUT2D eigenvalue weighted by Crippen LogP contribution is 2.30. The zero-order valence-corrected chi connectivity index (χ0v) is 26.3. The van der Waals surface area contributed by atoms with Crippen molar-refractivity contribution >= 4 is 21.6 Å². The lowest BCUT2D eigenvalue weighted by Gasteiger charge is -2.21. The molecule has 0 bridgehead atoms. The van der Waals surface area contributed by atoms with Crippen molar-refractivity contribution in [1.29, 1.82) is 0 Å². The molecule has 1 amide bonds. The average Bonchev–Trinajstić information content (AvgIpc) is 3.41. The first-order chi connectivity index (χ1) is 20.5. The van der Waals surface area contributed by atoms with Crippen LogP contribution in [0.15, 0.2) is 65.6 Å². The molecule has 0 saturated heterocycles. The van der Waals surface area contributed by atoms with Gasteiger partial charge in [-0.3, -0.25) is 9.52 Å². The first kappa shape index (κ1) is 31.0. The van der Waals surface area contributed by atoms with E-state index >= 15 is 0 Å². The molecule has 1 fully saturated rings. The normalized spacial score (nSPS) is 15.8. The molecule has 0 aromatic heterocycles. The third-order valence-electron chi connectivity index (χ3n) is 8.67. The number of ether oxygens (including phenoxy) is 1. The minimum Gasteiger partial charge on any atom is -0.493 e. The van der Waals surface area contributed by atoms with Crippen LogP contribution in [-0.4, -0.2) is 25.8 Å². The second-order valence-electron chi connectivity index (χ2n) is 13.0. The predicted molar refractivity (Wildman–Crippen MR) is 168 cm³/mol. The summed E-state index contributed by atoms with van der Waals surface area (Å²) in [5.41, 5.74) is 3.75. The van der Waals surface area contributed by atoms with E-state index in [9.17, 15) is 17.6 Å². The van der Waals surface area contributed by atoms with Crippen molar-refractivity contribution in [2.45, 2.75) is 95.5 Å². The molecule has 0 spiro atoms. The molecule has 1 aliphatic carbocycles. The van der Waals surface area contributed by atoms with Gasteiger partial charge in [-0.15, -0.1) is 0 Å². The highest BCUT2D eigenvalue weighted by Gasteiger charge is 2.26. The number of amides is 1. The van der Waals surface area contributed by atoms with Gasteiger partial charge in [0, 0.05) is 19.2 Å². The van der Waals surface area contributed by atoms with Gasteiger partial charge in [0.1, 0.15) is 5.75 Å². The molecule has 2 aliphatic rings. The molecule has 1 aliphatic heterocycles. The van der Waals surface area contributed by atoms with Crippen LogP contribution < -0.4 is 9.46 Å². The summed E-state index contributed by atoms with van der Waals surface area (Å²) < 4.78 is 49.3. The molecule has 5 rings (SSSR count). The molecule has 1 heterocycles. The second-order valence-corrected chi connectivity index (χ2v) is 14.7. The van der Waals surface area contributed by atoms with Crippen LogP contribution in [0.4, 0.5) is 10.1 Å². The van der Waals surface area contributed by atoms with Crippen molar-refractivity contribution in [1.82, 2.24) is 4.90 Å². The first-order valence-electron chi connectivity index (χ1n) is 15.4. The molecular weight excluding hydrogens is 563 g/mol. The Bertz CT molecular complexity index is 1540. The highest BCUT2D eigenvalue weighted by molar-refractivity contribution is 7.92. The minimum absolute atomic E-state index is 0.0133. The van der Waals surface area contributed by atoms with Gasteiger partial charge in [-0.25, -0.2) is 12.8 Å². The molecule has 6 nitrogen and oxygen atoms in total. The number of rotatable bonds is 10. The first-order valence-corrected chi connectivity index (χ1v) is 16.9. The number of nitrogens with one attached hydrogen (secondary N) is 1. The van der Waals surface area contributed by atoms with Gasteiger partial charge >= 0.3 is 0 Å². The zero-order chi connectivity index (χ0) is 30.6. The monoisotopic (exact) mass is 606 g/mol. The van der Waals surface area contributed by atoms with Gasteiger partial charge in [-0.2, -0.15) is 0 Å². The Morgan fingerprint density at radius 1 is 0.953 bits per heavy atom. The molecule has 1 N–H and O–H groups in total. The van der Waals surface area contributed by atoms with E-state index in [1.165, 1.54) is 55.9 Å². The van der Waals surface area contributed by atoms with Crippen LogP contribution in [0.25, 0.3) is 0 Å². The second kappa shape index (κ2) is 13.1. The quantitative estimate of drug-likeness (QED) is 0.240. The third-order valence-corrected chi connectivity index (χ3v) is 10.0. The van der Waals surface area contributed by atoms with Gasteiger partial charge in [0.25, 0.3) is 10.0 Å². The fourth-order valence-corrected chi connectivity index (χ4v) is 7.15. The SMILES string of the molecule is CC(C)(C)c1ccc(CC(=O)N2Cc3ccc(S(=O)(=O)Nc4ccc(OCCCC5CCCCC5)cc4F)cc3C2)cc1. The Hall–Kier alpha value is -3.39. The van der Waals surface area contributed by atoms with Crippen molar-refractivity contribution in [2.24, 2.45) is 5.92 Å².